The van der Waals surface area contributed by atoms with Crippen LogP contribution in [0.3, 0.4) is 0 Å². The number of carboxylic acid groups (broad SMARTS) is 1. The number of carbonyl (C=O) groups excluding carboxylic acids is 1. The van der Waals surface area contributed by atoms with E-state index in [0.29, 0.717) is 17.7 Å². The molecule has 130 valence electrons. The first kappa shape index (κ1) is 17.2. The first-order chi connectivity index (χ1) is 11.7. The summed E-state index contributed by atoms with van der Waals surface area (Å²) in [6.07, 6.45) is 0. The molecule has 1 heterocycles. The van der Waals surface area contributed by atoms with Gasteiger partial charge < -0.3 is 10.0 Å². The molecule has 0 spiro atoms. The van der Waals surface area contributed by atoms with Crippen molar-refractivity contribution >= 4 is 11.9 Å². The van der Waals surface area contributed by atoms with Crippen molar-refractivity contribution in [3.8, 4) is 0 Å². The third kappa shape index (κ3) is 2.82. The second-order valence-corrected chi connectivity index (χ2v) is 7.32. The number of hydrogen-bond donors (Lipinski definition) is 1. The third-order valence-corrected chi connectivity index (χ3v) is 5.31. The van der Waals surface area contributed by atoms with Gasteiger partial charge in [-0.15, -0.1) is 0 Å². The van der Waals surface area contributed by atoms with Crippen molar-refractivity contribution in [1.82, 2.24) is 4.90 Å². The van der Waals surface area contributed by atoms with Crippen LogP contribution in [0.1, 0.15) is 52.4 Å². The summed E-state index contributed by atoms with van der Waals surface area (Å²) in [7, 11) is 0. The van der Waals surface area contributed by atoms with E-state index in [0.717, 1.165) is 11.1 Å². The smallest absolute Gasteiger partial charge is 0.313 e. The molecule has 0 saturated carbocycles. The zero-order chi connectivity index (χ0) is 18.4. The van der Waals surface area contributed by atoms with Crippen LogP contribution in [-0.4, -0.2) is 27.4 Å². The number of carbonyl (C=O) groups is 2. The second-order valence-electron chi connectivity index (χ2n) is 7.32. The van der Waals surface area contributed by atoms with Gasteiger partial charge >= 0.3 is 5.97 Å². The van der Waals surface area contributed by atoms with Crippen LogP contribution >= 0.6 is 0 Å². The highest BCUT2D eigenvalue weighted by atomic mass is 16.4. The molecule has 2 aromatic carbocycles. The van der Waals surface area contributed by atoms with Gasteiger partial charge in [-0.05, 0) is 56.0 Å². The average Bonchev–Trinajstić information content (AvgIpc) is 2.54. The van der Waals surface area contributed by atoms with E-state index in [1.165, 1.54) is 5.56 Å². The lowest BCUT2D eigenvalue weighted by Crippen LogP contribution is -2.56. The van der Waals surface area contributed by atoms with Crippen LogP contribution in [0.4, 0.5) is 0 Å². The Labute approximate surface area is 148 Å². The minimum absolute atomic E-state index is 0.115. The summed E-state index contributed by atoms with van der Waals surface area (Å²) >= 11 is 0. The van der Waals surface area contributed by atoms with Gasteiger partial charge in [-0.25, -0.2) is 0 Å². The molecule has 1 aliphatic heterocycles. The van der Waals surface area contributed by atoms with E-state index in [1.807, 2.05) is 39.8 Å². The van der Waals surface area contributed by atoms with Gasteiger partial charge in [0.05, 0.1) is 5.54 Å². The summed E-state index contributed by atoms with van der Waals surface area (Å²) in [6.45, 7) is 8.15. The summed E-state index contributed by atoms with van der Waals surface area (Å²) in [5, 5.41) is 9.83. The number of hydrogen-bond acceptors (Lipinski definition) is 2. The van der Waals surface area contributed by atoms with Crippen LogP contribution in [0.25, 0.3) is 0 Å². The Morgan fingerprint density at radius 1 is 1.12 bits per heavy atom. The van der Waals surface area contributed by atoms with Gasteiger partial charge in [-0.2, -0.15) is 0 Å². The summed E-state index contributed by atoms with van der Waals surface area (Å²) in [5.74, 6) is -1.78. The number of fused-ring (bicyclic) bond motifs is 1. The number of nitrogens with zero attached hydrogens (tertiary/aromatic N) is 1. The quantitative estimate of drug-likeness (QED) is 0.924. The minimum atomic E-state index is -0.907. The van der Waals surface area contributed by atoms with Crippen molar-refractivity contribution in [1.29, 1.82) is 0 Å². The molecule has 1 unspecified atom stereocenters. The van der Waals surface area contributed by atoms with Gasteiger partial charge in [0.15, 0.2) is 0 Å². The first-order valence-electron chi connectivity index (χ1n) is 8.43. The Morgan fingerprint density at radius 3 is 2.44 bits per heavy atom. The first-order valence-corrected chi connectivity index (χ1v) is 8.43. The maximum atomic E-state index is 13.1. The van der Waals surface area contributed by atoms with E-state index in [1.54, 1.807) is 29.2 Å². The van der Waals surface area contributed by atoms with Crippen molar-refractivity contribution < 1.29 is 14.7 Å². The highest BCUT2D eigenvalue weighted by molar-refractivity contribution is 6.00. The molecule has 0 aliphatic carbocycles. The van der Waals surface area contributed by atoms with E-state index >= 15 is 0 Å². The summed E-state index contributed by atoms with van der Waals surface area (Å²) in [4.78, 5) is 26.8. The van der Waals surface area contributed by atoms with Crippen molar-refractivity contribution in [2.75, 3.05) is 0 Å². The Balaban J connectivity index is 2.08. The molecule has 0 radical (unpaired) electrons. The van der Waals surface area contributed by atoms with E-state index in [4.69, 9.17) is 0 Å². The van der Waals surface area contributed by atoms with Gasteiger partial charge in [-0.1, -0.05) is 36.4 Å². The predicted molar refractivity (Wildman–Crippen MR) is 96.7 cm³/mol. The number of benzene rings is 2. The van der Waals surface area contributed by atoms with Crippen LogP contribution in [0, 0.1) is 13.8 Å². The Kier molecular flexibility index (Phi) is 4.15. The van der Waals surface area contributed by atoms with Crippen LogP contribution in [0.2, 0.25) is 0 Å². The molecular formula is C21H23NO3. The topological polar surface area (TPSA) is 57.6 Å². The molecule has 1 aliphatic rings. The number of amides is 1. The maximum Gasteiger partial charge on any atom is 0.313 e. The predicted octanol–water partition coefficient (Wildman–Crippen LogP) is 3.91. The normalized spacial score (nSPS) is 18.8. The molecule has 4 nitrogen and oxygen atoms in total. The molecule has 0 saturated heterocycles. The number of carboxylic acids is 1. The Hall–Kier alpha value is -2.62. The Morgan fingerprint density at radius 2 is 1.80 bits per heavy atom. The molecule has 1 atom stereocenters. The van der Waals surface area contributed by atoms with Gasteiger partial charge in [0.25, 0.3) is 5.91 Å². The number of aryl methyl sites for hydroxylation is 2. The second kappa shape index (κ2) is 6.03. The maximum absolute atomic E-state index is 13.1. The molecule has 0 bridgehead atoms. The van der Waals surface area contributed by atoms with Crippen LogP contribution in [0.5, 0.6) is 0 Å². The third-order valence-electron chi connectivity index (χ3n) is 5.31. The molecule has 1 N–H and O–H groups in total. The van der Waals surface area contributed by atoms with Crippen LogP contribution < -0.4 is 0 Å². The molecule has 0 fully saturated rings. The van der Waals surface area contributed by atoms with Gasteiger partial charge in [0, 0.05) is 12.1 Å². The molecular weight excluding hydrogens is 314 g/mol. The van der Waals surface area contributed by atoms with E-state index in [9.17, 15) is 14.7 Å². The van der Waals surface area contributed by atoms with Gasteiger partial charge in [0.2, 0.25) is 0 Å². The molecule has 2 aromatic rings. The summed E-state index contributed by atoms with van der Waals surface area (Å²) < 4.78 is 0. The standard InChI is InChI=1S/C21H23NO3/c1-13-9-10-15(11-14(13)2)12-22-19(23)17-8-6-5-7-16(17)18(20(24)25)21(22,3)4/h5-11,18H,12H2,1-4H3,(H,24,25). The summed E-state index contributed by atoms with van der Waals surface area (Å²) in [5.41, 5.74) is 3.62. The fourth-order valence-electron chi connectivity index (χ4n) is 3.68. The minimum Gasteiger partial charge on any atom is -0.481 e. The van der Waals surface area contributed by atoms with Gasteiger partial charge in [-0.3, -0.25) is 9.59 Å². The van der Waals surface area contributed by atoms with E-state index in [2.05, 4.69) is 6.07 Å². The van der Waals surface area contributed by atoms with Crippen molar-refractivity contribution in [3.05, 3.63) is 70.3 Å². The number of rotatable bonds is 3. The zero-order valence-electron chi connectivity index (χ0n) is 15.0. The van der Waals surface area contributed by atoms with Crippen molar-refractivity contribution in [3.63, 3.8) is 0 Å². The van der Waals surface area contributed by atoms with E-state index < -0.39 is 17.4 Å². The molecule has 25 heavy (non-hydrogen) atoms. The molecule has 3 rings (SSSR count). The zero-order valence-corrected chi connectivity index (χ0v) is 15.0. The Bertz CT molecular complexity index is 854. The largest absolute Gasteiger partial charge is 0.481 e. The fraction of sp³-hybridized carbons (Fsp3) is 0.333. The molecule has 0 aromatic heterocycles. The molecule has 4 heteroatoms. The summed E-state index contributed by atoms with van der Waals surface area (Å²) in [6, 6.07) is 13.1. The van der Waals surface area contributed by atoms with Crippen LogP contribution in [0.15, 0.2) is 42.5 Å². The van der Waals surface area contributed by atoms with Gasteiger partial charge in [0.1, 0.15) is 5.92 Å². The highest BCUT2D eigenvalue weighted by Gasteiger charge is 2.48. The van der Waals surface area contributed by atoms with Crippen molar-refractivity contribution in [2.45, 2.75) is 45.7 Å². The highest BCUT2D eigenvalue weighted by Crippen LogP contribution is 2.41. The average molecular weight is 337 g/mol. The van der Waals surface area contributed by atoms with E-state index in [-0.39, 0.29) is 5.91 Å². The fourth-order valence-corrected chi connectivity index (χ4v) is 3.68. The monoisotopic (exact) mass is 337 g/mol. The lowest BCUT2D eigenvalue weighted by Gasteiger charge is -2.47. The lowest BCUT2D eigenvalue weighted by molar-refractivity contribution is -0.142. The lowest BCUT2D eigenvalue weighted by atomic mass is 9.74. The van der Waals surface area contributed by atoms with Crippen molar-refractivity contribution in [2.24, 2.45) is 0 Å². The molecule has 1 amide bonds. The number of aliphatic carboxylic acids is 1. The van der Waals surface area contributed by atoms with Crippen LogP contribution in [-0.2, 0) is 11.3 Å². The SMILES string of the molecule is Cc1ccc(CN2C(=O)c3ccccc3C(C(=O)O)C2(C)C)cc1C.